The first-order chi connectivity index (χ1) is 12.4. The fraction of sp³-hybridized carbons (Fsp3) is 0.429. The van der Waals surface area contributed by atoms with Crippen LogP contribution in [0.15, 0.2) is 21.5 Å². The molecule has 4 rings (SSSR count). The molecular formula is C14H17N7O3S2. The minimum Gasteiger partial charge on any atom is -0.353 e. The second-order valence-corrected chi connectivity index (χ2v) is 9.14. The quantitative estimate of drug-likeness (QED) is 0.660. The van der Waals surface area contributed by atoms with E-state index in [1.54, 1.807) is 17.8 Å². The van der Waals surface area contributed by atoms with Crippen molar-refractivity contribution >= 4 is 38.2 Å². The number of aryl methyl sites for hydroxylation is 2. The van der Waals surface area contributed by atoms with E-state index in [0.29, 0.717) is 31.9 Å². The summed E-state index contributed by atoms with van der Waals surface area (Å²) in [7, 11) is -1.86. The Hall–Kier alpha value is -2.31. The van der Waals surface area contributed by atoms with Crippen LogP contribution in [0.5, 0.6) is 0 Å². The number of thiazole rings is 1. The largest absolute Gasteiger partial charge is 0.353 e. The normalized spacial score (nSPS) is 16.5. The highest BCUT2D eigenvalue weighted by atomic mass is 32.2. The highest BCUT2D eigenvalue weighted by molar-refractivity contribution is 7.91. The monoisotopic (exact) mass is 395 g/mol. The lowest BCUT2D eigenvalue weighted by Gasteiger charge is -2.34. The first-order valence-electron chi connectivity index (χ1n) is 7.95. The average molecular weight is 395 g/mol. The Bertz CT molecular complexity index is 1120. The third kappa shape index (κ3) is 2.70. The molecular weight excluding hydrogens is 378 g/mol. The highest BCUT2D eigenvalue weighted by Gasteiger charge is 2.32. The molecule has 1 saturated heterocycles. The Morgan fingerprint density at radius 2 is 1.92 bits per heavy atom. The molecule has 1 aliphatic rings. The van der Waals surface area contributed by atoms with Gasteiger partial charge in [-0.2, -0.15) is 9.40 Å². The Morgan fingerprint density at radius 3 is 2.58 bits per heavy atom. The van der Waals surface area contributed by atoms with Crippen molar-refractivity contribution in [1.82, 2.24) is 29.0 Å². The number of aromatic nitrogens is 5. The molecule has 4 heterocycles. The van der Waals surface area contributed by atoms with Crippen molar-refractivity contribution in [3.05, 3.63) is 27.9 Å². The molecule has 3 aromatic heterocycles. The van der Waals surface area contributed by atoms with Gasteiger partial charge >= 0.3 is 4.87 Å². The maximum absolute atomic E-state index is 12.8. The summed E-state index contributed by atoms with van der Waals surface area (Å²) in [6, 6.07) is 0. The van der Waals surface area contributed by atoms with E-state index in [1.165, 1.54) is 10.6 Å². The number of hydrogen-bond donors (Lipinski definition) is 1. The van der Waals surface area contributed by atoms with E-state index in [1.807, 2.05) is 11.9 Å². The first-order valence-corrected chi connectivity index (χ1v) is 10.2. The number of fused-ring (bicyclic) bond motifs is 1. The maximum Gasteiger partial charge on any atom is 0.305 e. The summed E-state index contributed by atoms with van der Waals surface area (Å²) >= 11 is 0.731. The summed E-state index contributed by atoms with van der Waals surface area (Å²) in [5.74, 6) is 0.752. The number of sulfonamides is 1. The van der Waals surface area contributed by atoms with E-state index >= 15 is 0 Å². The van der Waals surface area contributed by atoms with Crippen molar-refractivity contribution in [3.8, 4) is 0 Å². The van der Waals surface area contributed by atoms with Gasteiger partial charge in [-0.1, -0.05) is 11.3 Å². The summed E-state index contributed by atoms with van der Waals surface area (Å²) in [5, 5.41) is 5.05. The standard InChI is InChI=1S/C14H17N7O3S2/c1-9-13(25-14(22)18-9)26(23,24)21-5-3-20(4-6-21)12-10-7-17-19(2)11(10)15-8-16-12/h7-8H,3-6H2,1-2H3,(H,18,22). The molecule has 0 spiro atoms. The zero-order valence-corrected chi connectivity index (χ0v) is 15.8. The van der Waals surface area contributed by atoms with Gasteiger partial charge in [-0.15, -0.1) is 0 Å². The van der Waals surface area contributed by atoms with Crippen molar-refractivity contribution in [2.45, 2.75) is 11.1 Å². The van der Waals surface area contributed by atoms with Crippen molar-refractivity contribution < 1.29 is 8.42 Å². The number of aromatic amines is 1. The molecule has 26 heavy (non-hydrogen) atoms. The Labute approximate surface area is 153 Å². The van der Waals surface area contributed by atoms with Crippen molar-refractivity contribution in [3.63, 3.8) is 0 Å². The smallest absolute Gasteiger partial charge is 0.305 e. The lowest BCUT2D eigenvalue weighted by molar-refractivity contribution is 0.385. The van der Waals surface area contributed by atoms with Crippen LogP contribution in [0, 0.1) is 6.92 Å². The van der Waals surface area contributed by atoms with Gasteiger partial charge in [-0.05, 0) is 6.92 Å². The molecule has 0 atom stereocenters. The Balaban J connectivity index is 1.57. The number of hydrogen-bond acceptors (Lipinski definition) is 8. The predicted octanol–water partition coefficient (Wildman–Crippen LogP) is -0.0676. The third-order valence-electron chi connectivity index (χ3n) is 4.40. The van der Waals surface area contributed by atoms with E-state index < -0.39 is 10.0 Å². The van der Waals surface area contributed by atoms with Gasteiger partial charge in [-0.25, -0.2) is 18.4 Å². The fourth-order valence-corrected chi connectivity index (χ4v) is 5.95. The van der Waals surface area contributed by atoms with Gasteiger partial charge in [0.2, 0.25) is 0 Å². The topological polar surface area (TPSA) is 117 Å². The summed E-state index contributed by atoms with van der Waals surface area (Å²) in [4.78, 5) is 24.2. The van der Waals surface area contributed by atoms with Crippen LogP contribution in [0.3, 0.4) is 0 Å². The van der Waals surface area contributed by atoms with Crippen LogP contribution in [-0.4, -0.2) is 63.6 Å². The van der Waals surface area contributed by atoms with Gasteiger partial charge in [0.1, 0.15) is 12.1 Å². The average Bonchev–Trinajstić information content (AvgIpc) is 3.17. The molecule has 1 N–H and O–H groups in total. The van der Waals surface area contributed by atoms with E-state index in [-0.39, 0.29) is 9.08 Å². The maximum atomic E-state index is 12.8. The Morgan fingerprint density at radius 1 is 1.19 bits per heavy atom. The molecule has 0 saturated carbocycles. The van der Waals surface area contributed by atoms with Crippen LogP contribution < -0.4 is 9.77 Å². The van der Waals surface area contributed by atoms with Crippen LogP contribution in [0.4, 0.5) is 5.82 Å². The van der Waals surface area contributed by atoms with Crippen LogP contribution in [0.25, 0.3) is 11.0 Å². The van der Waals surface area contributed by atoms with Crippen LogP contribution in [0.1, 0.15) is 5.69 Å². The van der Waals surface area contributed by atoms with Gasteiger partial charge in [-0.3, -0.25) is 9.48 Å². The summed E-state index contributed by atoms with van der Waals surface area (Å²) < 4.78 is 28.8. The van der Waals surface area contributed by atoms with Crippen LogP contribution >= 0.6 is 11.3 Å². The lowest BCUT2D eigenvalue weighted by Crippen LogP contribution is -2.49. The number of anilines is 1. The highest BCUT2D eigenvalue weighted by Crippen LogP contribution is 2.26. The number of nitrogens with one attached hydrogen (secondary N) is 1. The molecule has 0 radical (unpaired) electrons. The predicted molar refractivity (Wildman–Crippen MR) is 97.0 cm³/mol. The second kappa shape index (κ2) is 6.14. The molecule has 0 aliphatic carbocycles. The SMILES string of the molecule is Cc1[nH]c(=O)sc1S(=O)(=O)N1CCN(c2ncnc3c2cnn3C)CC1. The minimum atomic E-state index is -3.67. The van der Waals surface area contributed by atoms with Crippen molar-refractivity contribution in [1.29, 1.82) is 0 Å². The molecule has 0 aromatic carbocycles. The molecule has 12 heteroatoms. The fourth-order valence-electron chi connectivity index (χ4n) is 3.10. The Kier molecular flexibility index (Phi) is 4.04. The van der Waals surface area contributed by atoms with Crippen molar-refractivity contribution in [2.75, 3.05) is 31.1 Å². The van der Waals surface area contributed by atoms with Gasteiger partial charge in [0.25, 0.3) is 10.0 Å². The number of nitrogens with zero attached hydrogens (tertiary/aromatic N) is 6. The van der Waals surface area contributed by atoms with E-state index in [9.17, 15) is 13.2 Å². The van der Waals surface area contributed by atoms with E-state index in [0.717, 1.165) is 28.2 Å². The number of rotatable bonds is 3. The van der Waals surface area contributed by atoms with Gasteiger partial charge in [0, 0.05) is 38.9 Å². The zero-order chi connectivity index (χ0) is 18.5. The molecule has 1 aliphatic heterocycles. The molecule has 3 aromatic rings. The van der Waals surface area contributed by atoms with E-state index in [2.05, 4.69) is 20.1 Å². The van der Waals surface area contributed by atoms with Crippen molar-refractivity contribution in [2.24, 2.45) is 7.05 Å². The summed E-state index contributed by atoms with van der Waals surface area (Å²) in [6.07, 6.45) is 3.21. The summed E-state index contributed by atoms with van der Waals surface area (Å²) in [6.45, 7) is 3.23. The van der Waals surface area contributed by atoms with Crippen LogP contribution in [-0.2, 0) is 17.1 Å². The number of piperazine rings is 1. The van der Waals surface area contributed by atoms with Crippen LogP contribution in [0.2, 0.25) is 0 Å². The van der Waals surface area contributed by atoms with Gasteiger partial charge in [0.05, 0.1) is 11.6 Å². The van der Waals surface area contributed by atoms with E-state index in [4.69, 9.17) is 0 Å². The molecule has 138 valence electrons. The molecule has 0 unspecified atom stereocenters. The summed E-state index contributed by atoms with van der Waals surface area (Å²) in [5.41, 5.74) is 1.12. The molecule has 1 fully saturated rings. The van der Waals surface area contributed by atoms with Gasteiger partial charge in [0.15, 0.2) is 9.86 Å². The molecule has 0 bridgehead atoms. The van der Waals surface area contributed by atoms with Gasteiger partial charge < -0.3 is 9.88 Å². The zero-order valence-electron chi connectivity index (χ0n) is 14.2. The third-order valence-corrected chi connectivity index (χ3v) is 7.88. The molecule has 10 nitrogen and oxygen atoms in total. The second-order valence-electron chi connectivity index (χ2n) is 6.02. The molecule has 0 amide bonds. The number of H-pyrrole nitrogens is 1. The lowest BCUT2D eigenvalue weighted by atomic mass is 10.3. The first kappa shape index (κ1) is 17.1. The minimum absolute atomic E-state index is 0.0904.